The van der Waals surface area contributed by atoms with Gasteiger partial charge in [0.05, 0.1) is 58.5 Å². The smallest absolute Gasteiger partial charge is 0.465 e. The average Bonchev–Trinajstić information content (AvgIpc) is 3.71. The second-order valence-electron chi connectivity index (χ2n) is 10.5. The molecule has 1 aliphatic heterocycles. The molecule has 12 heteroatoms. The molecule has 0 amide bonds. The van der Waals surface area contributed by atoms with Gasteiger partial charge in [0.25, 0.3) is 0 Å². The van der Waals surface area contributed by atoms with Gasteiger partial charge in [-0.25, -0.2) is 14.6 Å². The van der Waals surface area contributed by atoms with E-state index in [9.17, 15) is 9.59 Å². The predicted molar refractivity (Wildman–Crippen MR) is 183 cm³/mol. The Morgan fingerprint density at radius 2 is 1.41 bits per heavy atom. The van der Waals surface area contributed by atoms with E-state index in [0.717, 1.165) is 31.5 Å². The van der Waals surface area contributed by atoms with Crippen molar-refractivity contribution in [3.8, 4) is 11.3 Å². The Morgan fingerprint density at radius 3 is 1.84 bits per heavy atom. The number of aromatic amines is 2. The first kappa shape index (κ1) is 38.5. The number of aryl methyl sites for hydroxylation is 2. The lowest BCUT2D eigenvalue weighted by atomic mass is 9.75. The van der Waals surface area contributed by atoms with Crippen LogP contribution in [-0.2, 0) is 18.8 Å². The molecule has 2 N–H and O–H groups in total. The molecule has 44 heavy (non-hydrogen) atoms. The number of rotatable bonds is 4. The first-order valence-electron chi connectivity index (χ1n) is 13.2. The number of halogens is 1. The van der Waals surface area contributed by atoms with Crippen molar-refractivity contribution in [2.24, 2.45) is 0 Å². The summed E-state index contributed by atoms with van der Waals surface area (Å²) in [6.07, 6.45) is 5.06. The number of hydrogen-bond acceptors (Lipinski definition) is 8. The number of esters is 2. The molecule has 0 unspecified atom stereocenters. The van der Waals surface area contributed by atoms with E-state index in [2.05, 4.69) is 47.5 Å². The van der Waals surface area contributed by atoms with Gasteiger partial charge in [-0.1, -0.05) is 32.5 Å². The molecule has 0 aliphatic carbocycles. The minimum atomic E-state index is -0.468. The number of ether oxygens (including phenoxy) is 2. The Morgan fingerprint density at radius 1 is 0.864 bits per heavy atom. The maximum Gasteiger partial charge on any atom is 0.495 e. The minimum absolute atomic E-state index is 0. The second kappa shape index (κ2) is 16.5. The Labute approximate surface area is 274 Å². The molecule has 0 spiro atoms. The van der Waals surface area contributed by atoms with E-state index in [1.807, 2.05) is 59.7 Å². The van der Waals surface area contributed by atoms with Crippen LogP contribution < -0.4 is 5.46 Å². The van der Waals surface area contributed by atoms with Crippen LogP contribution in [0, 0.1) is 17.5 Å². The Kier molecular flexibility index (Phi) is 14.5. The minimum Gasteiger partial charge on any atom is -0.465 e. The maximum atomic E-state index is 11.6. The number of carbonyl (C=O) groups is 2. The molecular weight excluding hydrogens is 674 g/mol. The summed E-state index contributed by atoms with van der Waals surface area (Å²) in [4.78, 5) is 30.0. The van der Waals surface area contributed by atoms with Gasteiger partial charge >= 0.3 is 19.1 Å². The van der Waals surface area contributed by atoms with E-state index in [1.54, 1.807) is 43.0 Å². The number of H-pyrrole nitrogens is 2. The summed E-state index contributed by atoms with van der Waals surface area (Å²) < 4.78 is 22.6. The molecule has 238 valence electrons. The zero-order valence-corrected chi connectivity index (χ0v) is 27.2. The van der Waals surface area contributed by atoms with Gasteiger partial charge < -0.3 is 23.8 Å². The summed E-state index contributed by atoms with van der Waals surface area (Å²) in [5.74, 6) is -0.691. The normalized spacial score (nSPS) is 14.0. The molecular formula is C32H44BIN4O6. The molecule has 10 nitrogen and oxygen atoms in total. The molecule has 1 aliphatic rings. The van der Waals surface area contributed by atoms with Crippen LogP contribution in [0.2, 0.25) is 0 Å². The zero-order valence-electron chi connectivity index (χ0n) is 25.1. The van der Waals surface area contributed by atoms with Crippen molar-refractivity contribution >= 4 is 47.1 Å². The summed E-state index contributed by atoms with van der Waals surface area (Å²) in [7, 11) is 2.28. The van der Waals surface area contributed by atoms with Crippen molar-refractivity contribution in [1.82, 2.24) is 20.2 Å². The van der Waals surface area contributed by atoms with E-state index in [-0.39, 0.29) is 26.8 Å². The number of hydrogen-bond donors (Lipinski definition) is 2. The van der Waals surface area contributed by atoms with Crippen molar-refractivity contribution in [1.29, 1.82) is 0 Å². The van der Waals surface area contributed by atoms with Crippen LogP contribution in [-0.4, -0.2) is 64.6 Å². The number of benzene rings is 2. The lowest BCUT2D eigenvalue weighted by molar-refractivity contribution is 0.00578. The van der Waals surface area contributed by atoms with E-state index in [4.69, 9.17) is 14.0 Å². The van der Waals surface area contributed by atoms with Crippen molar-refractivity contribution < 1.29 is 28.4 Å². The van der Waals surface area contributed by atoms with Gasteiger partial charge in [-0.2, -0.15) is 5.10 Å². The lowest BCUT2D eigenvalue weighted by Gasteiger charge is -2.32. The highest BCUT2D eigenvalue weighted by Crippen LogP contribution is 2.36. The fourth-order valence-corrected chi connectivity index (χ4v) is 4.21. The molecule has 1 fully saturated rings. The lowest BCUT2D eigenvalue weighted by Crippen LogP contribution is -2.41. The number of carbonyl (C=O) groups excluding carboxylic acids is 2. The van der Waals surface area contributed by atoms with Crippen LogP contribution in [0.1, 0.15) is 74.4 Å². The number of nitrogens with zero attached hydrogens (tertiary/aromatic N) is 2. The van der Waals surface area contributed by atoms with Crippen LogP contribution in [0.5, 0.6) is 0 Å². The fraction of sp³-hybridized carbons (Fsp3) is 0.375. The molecule has 2 aromatic heterocycles. The standard InChI is InChI=1S/C15H21BO4.C12H12N2O2.C3H3IN2.2CH4/c1-10-7-8-11(13(17)18-6)9-12(10)16-19-14(2,3)15(4,5)20-16;1-8-3-4-9(12(15)16-2)5-10(8)11-6-13-7-14-11;4-3-1-2-5-6-3;;/h7-9H,1-6H3;3-7H,1-2H3,(H,13,14);1-2H,(H,5,6);2*1H4. The molecule has 4 aromatic rings. The summed E-state index contributed by atoms with van der Waals surface area (Å²) in [6.45, 7) is 12.0. The number of methoxy groups -OCH3 is 2. The Bertz CT molecular complexity index is 1470. The number of aromatic nitrogens is 4. The number of imidazole rings is 1. The topological polar surface area (TPSA) is 128 Å². The van der Waals surface area contributed by atoms with Gasteiger partial charge in [0.1, 0.15) is 0 Å². The largest absolute Gasteiger partial charge is 0.495 e. The highest BCUT2D eigenvalue weighted by atomic mass is 127. The van der Waals surface area contributed by atoms with E-state index >= 15 is 0 Å². The van der Waals surface area contributed by atoms with Gasteiger partial charge in [-0.3, -0.25) is 5.10 Å². The van der Waals surface area contributed by atoms with Crippen molar-refractivity contribution in [3.63, 3.8) is 0 Å². The molecule has 5 rings (SSSR count). The Balaban J connectivity index is 0.000000361. The third-order valence-corrected chi connectivity index (χ3v) is 7.72. The van der Waals surface area contributed by atoms with Crippen molar-refractivity contribution in [2.75, 3.05) is 14.2 Å². The van der Waals surface area contributed by atoms with Crippen LogP contribution in [0.25, 0.3) is 11.3 Å². The molecule has 0 saturated carbocycles. The van der Waals surface area contributed by atoms with Gasteiger partial charge in [-0.05, 0) is 105 Å². The molecule has 2 aromatic carbocycles. The zero-order chi connectivity index (χ0) is 31.1. The molecule has 0 atom stereocenters. The van der Waals surface area contributed by atoms with E-state index in [0.29, 0.717) is 11.1 Å². The molecule has 0 bridgehead atoms. The highest BCUT2D eigenvalue weighted by Gasteiger charge is 2.52. The first-order chi connectivity index (χ1) is 19.8. The van der Waals surface area contributed by atoms with Crippen LogP contribution in [0.15, 0.2) is 61.2 Å². The van der Waals surface area contributed by atoms with E-state index in [1.165, 1.54) is 14.2 Å². The first-order valence-corrected chi connectivity index (χ1v) is 14.2. The monoisotopic (exact) mass is 718 g/mol. The number of nitrogens with one attached hydrogen (secondary N) is 2. The third-order valence-electron chi connectivity index (χ3n) is 7.12. The molecule has 1 saturated heterocycles. The van der Waals surface area contributed by atoms with Gasteiger partial charge in [0, 0.05) is 11.8 Å². The van der Waals surface area contributed by atoms with Crippen molar-refractivity contribution in [3.05, 3.63) is 87.1 Å². The summed E-state index contributed by atoms with van der Waals surface area (Å²) in [5.41, 5.74) is 5.07. The van der Waals surface area contributed by atoms with E-state index < -0.39 is 18.3 Å². The maximum absolute atomic E-state index is 11.6. The van der Waals surface area contributed by atoms with Gasteiger partial charge in [-0.15, -0.1) is 0 Å². The highest BCUT2D eigenvalue weighted by molar-refractivity contribution is 14.1. The SMILES string of the molecule is C.C.COC(=O)c1ccc(C)c(-c2cnc[nH]2)c1.COC(=O)c1ccc(C)c(B2OC(C)(C)C(C)(C)O2)c1.Ic1ccn[nH]1. The van der Waals surface area contributed by atoms with Crippen LogP contribution in [0.4, 0.5) is 0 Å². The predicted octanol–water partition coefficient (Wildman–Crippen LogP) is 6.54. The fourth-order valence-electron chi connectivity index (χ4n) is 3.91. The third kappa shape index (κ3) is 9.51. The summed E-state index contributed by atoms with van der Waals surface area (Å²) in [5, 5.41) is 6.43. The Hall–Kier alpha value is -3.49. The van der Waals surface area contributed by atoms with Crippen molar-refractivity contribution in [2.45, 2.75) is 67.6 Å². The second-order valence-corrected chi connectivity index (χ2v) is 11.7. The molecule has 3 heterocycles. The van der Waals surface area contributed by atoms with Gasteiger partial charge in [0.15, 0.2) is 0 Å². The molecule has 0 radical (unpaired) electrons. The van der Waals surface area contributed by atoms with Crippen LogP contribution >= 0.6 is 22.6 Å². The summed E-state index contributed by atoms with van der Waals surface area (Å²) >= 11 is 2.16. The summed E-state index contributed by atoms with van der Waals surface area (Å²) in [6, 6.07) is 12.8. The van der Waals surface area contributed by atoms with Crippen LogP contribution in [0.3, 0.4) is 0 Å². The average molecular weight is 718 g/mol. The quantitative estimate of drug-likeness (QED) is 0.138. The van der Waals surface area contributed by atoms with Gasteiger partial charge in [0.2, 0.25) is 0 Å².